The molecule has 4 aromatic rings. The maximum Gasteiger partial charge on any atom is 0.274 e. The van der Waals surface area contributed by atoms with E-state index in [1.54, 1.807) is 23.8 Å². The van der Waals surface area contributed by atoms with Gasteiger partial charge in [-0.15, -0.1) is 0 Å². The van der Waals surface area contributed by atoms with Gasteiger partial charge in [0, 0.05) is 59.8 Å². The number of carbonyl (C=O) groups is 1. The minimum Gasteiger partial charge on any atom is -0.378 e. The van der Waals surface area contributed by atoms with Crippen LogP contribution < -0.4 is 21.3 Å². The lowest BCUT2D eigenvalue weighted by Gasteiger charge is -2.28. The molecule has 0 atom stereocenters. The van der Waals surface area contributed by atoms with E-state index in [2.05, 4.69) is 32.8 Å². The molecular formula is C31H35N5O4. The smallest absolute Gasteiger partial charge is 0.274 e. The summed E-state index contributed by atoms with van der Waals surface area (Å²) in [6.45, 7) is 9.89. The van der Waals surface area contributed by atoms with Crippen LogP contribution in [-0.2, 0) is 22.5 Å². The zero-order chi connectivity index (χ0) is 28.1. The van der Waals surface area contributed by atoms with Crippen molar-refractivity contribution in [1.29, 1.82) is 0 Å². The van der Waals surface area contributed by atoms with Gasteiger partial charge in [0.2, 0.25) is 0 Å². The van der Waals surface area contributed by atoms with Crippen molar-refractivity contribution in [3.05, 3.63) is 82.3 Å². The molecule has 5 rings (SSSR count). The summed E-state index contributed by atoms with van der Waals surface area (Å²) >= 11 is 0. The molecule has 208 valence electrons. The van der Waals surface area contributed by atoms with Crippen LogP contribution in [0.3, 0.4) is 0 Å². The number of anilines is 3. The van der Waals surface area contributed by atoms with Gasteiger partial charge >= 0.3 is 0 Å². The second-order valence-electron chi connectivity index (χ2n) is 9.64. The highest BCUT2D eigenvalue weighted by Crippen LogP contribution is 2.27. The summed E-state index contributed by atoms with van der Waals surface area (Å²) in [5.74, 6) is 0.314. The molecule has 2 N–H and O–H groups in total. The fraction of sp³-hybridized carbons (Fsp3) is 0.323. The molecule has 0 radical (unpaired) electrons. The van der Waals surface area contributed by atoms with E-state index in [1.165, 1.54) is 5.69 Å². The maximum absolute atomic E-state index is 13.7. The van der Waals surface area contributed by atoms with Crippen LogP contribution in [0.15, 0.2) is 65.6 Å². The van der Waals surface area contributed by atoms with E-state index in [4.69, 9.17) is 9.57 Å². The highest BCUT2D eigenvalue weighted by Gasteiger charge is 2.16. The van der Waals surface area contributed by atoms with Gasteiger partial charge in [-0.05, 0) is 73.9 Å². The molecule has 1 saturated heterocycles. The molecule has 0 saturated carbocycles. The van der Waals surface area contributed by atoms with Gasteiger partial charge < -0.3 is 19.5 Å². The fourth-order valence-corrected chi connectivity index (χ4v) is 4.97. The molecule has 0 unspecified atom stereocenters. The second kappa shape index (κ2) is 12.3. The molecule has 3 heterocycles. The fourth-order valence-electron chi connectivity index (χ4n) is 4.97. The molecule has 0 aliphatic carbocycles. The molecule has 40 heavy (non-hydrogen) atoms. The normalized spacial score (nSPS) is 13.4. The van der Waals surface area contributed by atoms with Crippen LogP contribution in [0, 0.1) is 0 Å². The van der Waals surface area contributed by atoms with Gasteiger partial charge in [0.05, 0.1) is 25.3 Å². The molecule has 9 heteroatoms. The average molecular weight is 542 g/mol. The van der Waals surface area contributed by atoms with Gasteiger partial charge in [0.1, 0.15) is 5.82 Å². The molecule has 1 fully saturated rings. The number of morpholine rings is 1. The van der Waals surface area contributed by atoms with E-state index >= 15 is 0 Å². The van der Waals surface area contributed by atoms with Gasteiger partial charge in [-0.3, -0.25) is 14.4 Å². The van der Waals surface area contributed by atoms with Gasteiger partial charge in [-0.1, -0.05) is 13.0 Å². The molecule has 2 aromatic carbocycles. The van der Waals surface area contributed by atoms with Gasteiger partial charge in [0.15, 0.2) is 0 Å². The van der Waals surface area contributed by atoms with Gasteiger partial charge in [-0.2, -0.15) is 0 Å². The lowest BCUT2D eigenvalue weighted by Crippen LogP contribution is -2.36. The minimum atomic E-state index is -0.342. The largest absolute Gasteiger partial charge is 0.378 e. The van der Waals surface area contributed by atoms with Crippen molar-refractivity contribution in [2.24, 2.45) is 0 Å². The van der Waals surface area contributed by atoms with E-state index in [0.29, 0.717) is 35.7 Å². The van der Waals surface area contributed by atoms with Crippen molar-refractivity contribution in [3.8, 4) is 11.1 Å². The van der Waals surface area contributed by atoms with Crippen LogP contribution in [0.2, 0.25) is 0 Å². The summed E-state index contributed by atoms with van der Waals surface area (Å²) in [7, 11) is 0. The van der Waals surface area contributed by atoms with Crippen molar-refractivity contribution in [2.45, 2.75) is 33.7 Å². The van der Waals surface area contributed by atoms with Gasteiger partial charge in [0.25, 0.3) is 11.5 Å². The van der Waals surface area contributed by atoms with Crippen molar-refractivity contribution in [3.63, 3.8) is 0 Å². The first kappa shape index (κ1) is 27.4. The first-order valence-corrected chi connectivity index (χ1v) is 13.8. The Bertz CT molecular complexity index is 1560. The topological polar surface area (TPSA) is 97.7 Å². The van der Waals surface area contributed by atoms with Crippen molar-refractivity contribution in [2.75, 3.05) is 43.1 Å². The van der Waals surface area contributed by atoms with Crippen LogP contribution in [-0.4, -0.2) is 48.4 Å². The van der Waals surface area contributed by atoms with Crippen molar-refractivity contribution in [1.82, 2.24) is 15.0 Å². The lowest BCUT2D eigenvalue weighted by molar-refractivity contribution is 0.0364. The van der Waals surface area contributed by atoms with E-state index in [1.807, 2.05) is 50.2 Å². The van der Waals surface area contributed by atoms with E-state index in [9.17, 15) is 9.59 Å². The quantitative estimate of drug-likeness (QED) is 0.291. The zero-order valence-electron chi connectivity index (χ0n) is 23.2. The number of ether oxygens (including phenoxy) is 1. The first-order chi connectivity index (χ1) is 19.5. The molecule has 0 spiro atoms. The number of rotatable bonds is 9. The number of hydroxylamine groups is 1. The summed E-state index contributed by atoms with van der Waals surface area (Å²) in [5.41, 5.74) is 7.82. The molecule has 1 amide bonds. The highest BCUT2D eigenvalue weighted by molar-refractivity contribution is 5.95. The van der Waals surface area contributed by atoms with E-state index < -0.39 is 0 Å². The van der Waals surface area contributed by atoms with Crippen molar-refractivity contribution < 1.29 is 14.4 Å². The predicted octanol–water partition coefficient (Wildman–Crippen LogP) is 4.91. The molecule has 0 bridgehead atoms. The third-order valence-electron chi connectivity index (χ3n) is 7.09. The molecule has 1 aliphatic heterocycles. The number of hydrogen-bond acceptors (Lipinski definition) is 7. The number of pyridine rings is 2. The molecular weight excluding hydrogens is 506 g/mol. The van der Waals surface area contributed by atoms with Crippen LogP contribution in [0.4, 0.5) is 17.2 Å². The second-order valence-corrected chi connectivity index (χ2v) is 9.64. The third-order valence-corrected chi connectivity index (χ3v) is 7.09. The Balaban J connectivity index is 1.46. The van der Waals surface area contributed by atoms with Gasteiger partial charge in [-0.25, -0.2) is 10.5 Å². The highest BCUT2D eigenvalue weighted by atomic mass is 16.6. The van der Waals surface area contributed by atoms with Crippen LogP contribution in [0.1, 0.15) is 36.7 Å². The number of carbonyl (C=O) groups excluding carboxylic acids is 1. The molecule has 9 nitrogen and oxygen atoms in total. The molecule has 2 aromatic heterocycles. The van der Waals surface area contributed by atoms with E-state index in [-0.39, 0.29) is 11.5 Å². The number of aromatic nitrogens is 2. The number of fused-ring (bicyclic) bond motifs is 1. The number of amides is 1. The third kappa shape index (κ3) is 5.85. The summed E-state index contributed by atoms with van der Waals surface area (Å²) in [6, 6.07) is 17.5. The Hall–Kier alpha value is -4.21. The Kier molecular flexibility index (Phi) is 8.42. The number of aryl methyl sites for hydroxylation is 2. The number of hydrogen-bond donors (Lipinski definition) is 2. The Morgan fingerprint density at radius 1 is 1.02 bits per heavy atom. The minimum absolute atomic E-state index is 0.119. The summed E-state index contributed by atoms with van der Waals surface area (Å²) < 4.78 is 7.20. The average Bonchev–Trinajstić information content (AvgIpc) is 3.00. The van der Waals surface area contributed by atoms with E-state index in [0.717, 1.165) is 54.9 Å². The SMILES string of the molecule is CCONC(=O)c1cc(CC)cc(-c2cc3cnc(Nc4ccc(N5CCOCC5)cc4)cc3n(CC)c2=O)c1. The monoisotopic (exact) mass is 541 g/mol. The zero-order valence-corrected chi connectivity index (χ0v) is 23.2. The first-order valence-electron chi connectivity index (χ1n) is 13.8. The summed E-state index contributed by atoms with van der Waals surface area (Å²) in [4.78, 5) is 38.4. The number of nitrogens with one attached hydrogen (secondary N) is 2. The van der Waals surface area contributed by atoms with Crippen LogP contribution in [0.25, 0.3) is 22.0 Å². The lowest BCUT2D eigenvalue weighted by atomic mass is 9.98. The Labute approximate surface area is 233 Å². The predicted molar refractivity (Wildman–Crippen MR) is 158 cm³/mol. The number of benzene rings is 2. The summed E-state index contributed by atoms with van der Waals surface area (Å²) in [6.07, 6.45) is 2.50. The number of nitrogens with zero attached hydrogens (tertiary/aromatic N) is 3. The Morgan fingerprint density at radius 3 is 2.50 bits per heavy atom. The van der Waals surface area contributed by atoms with Crippen LogP contribution in [0.5, 0.6) is 0 Å². The Morgan fingerprint density at radius 2 is 1.80 bits per heavy atom. The molecule has 1 aliphatic rings. The maximum atomic E-state index is 13.7. The summed E-state index contributed by atoms with van der Waals surface area (Å²) in [5, 5.41) is 4.21. The standard InChI is InChI=1S/C31H35N5O4/c1-4-21-15-22(17-23(16-21)30(37)34-40-6-3)27-18-24-20-32-29(19-28(24)36(5-2)31(27)38)33-25-7-9-26(10-8-25)35-11-13-39-14-12-35/h7-10,15-20H,4-6,11-14H2,1-3H3,(H,32,33)(H,34,37). The van der Waals surface area contributed by atoms with Crippen LogP contribution >= 0.6 is 0 Å². The van der Waals surface area contributed by atoms with Crippen molar-refractivity contribution >= 4 is 34.0 Å².